The summed E-state index contributed by atoms with van der Waals surface area (Å²) in [5.41, 5.74) is 2.95. The van der Waals surface area contributed by atoms with Crippen LogP contribution >= 0.6 is 0 Å². The molecular weight excluding hydrogens is 340 g/mol. The zero-order valence-electron chi connectivity index (χ0n) is 13.3. The number of nitrogens with zero attached hydrogens (tertiary/aromatic N) is 5. The van der Waals surface area contributed by atoms with E-state index in [1.807, 2.05) is 12.1 Å². The van der Waals surface area contributed by atoms with E-state index in [1.54, 1.807) is 41.6 Å². The van der Waals surface area contributed by atoms with Gasteiger partial charge in [0.25, 0.3) is 0 Å². The number of H-pyrrole nitrogens is 1. The van der Waals surface area contributed by atoms with E-state index in [4.69, 9.17) is 0 Å². The SMILES string of the molecule is CS(=O)(=O)Cc1ccc(-n2cc(-c3nc4ncccc4[nH]3)cn2)nc1. The van der Waals surface area contributed by atoms with Crippen molar-refractivity contribution in [3.63, 3.8) is 0 Å². The minimum absolute atomic E-state index is 0.0311. The third-order valence-electron chi connectivity index (χ3n) is 3.59. The van der Waals surface area contributed by atoms with Gasteiger partial charge in [0.05, 0.1) is 23.0 Å². The maximum Gasteiger partial charge on any atom is 0.178 e. The Morgan fingerprint density at radius 3 is 2.76 bits per heavy atom. The molecule has 0 spiro atoms. The summed E-state index contributed by atoms with van der Waals surface area (Å²) < 4.78 is 24.3. The molecule has 8 nitrogen and oxygen atoms in total. The molecule has 0 saturated heterocycles. The summed E-state index contributed by atoms with van der Waals surface area (Å²) >= 11 is 0. The Labute approximate surface area is 143 Å². The molecule has 4 heterocycles. The Hall–Kier alpha value is -3.07. The second-order valence-electron chi connectivity index (χ2n) is 5.73. The van der Waals surface area contributed by atoms with Crippen molar-refractivity contribution in [2.24, 2.45) is 0 Å². The normalized spacial score (nSPS) is 11.9. The van der Waals surface area contributed by atoms with E-state index in [-0.39, 0.29) is 5.75 Å². The topological polar surface area (TPSA) is 106 Å². The molecular formula is C16H14N6O2S. The van der Waals surface area contributed by atoms with Crippen LogP contribution in [-0.4, -0.2) is 44.4 Å². The van der Waals surface area contributed by atoms with Gasteiger partial charge in [0, 0.05) is 24.8 Å². The van der Waals surface area contributed by atoms with Gasteiger partial charge < -0.3 is 4.98 Å². The van der Waals surface area contributed by atoms with Crippen molar-refractivity contribution < 1.29 is 8.42 Å². The average Bonchev–Trinajstić information content (AvgIpc) is 3.21. The summed E-state index contributed by atoms with van der Waals surface area (Å²) in [6.45, 7) is 0. The third-order valence-corrected chi connectivity index (χ3v) is 4.44. The van der Waals surface area contributed by atoms with Crippen molar-refractivity contribution in [1.29, 1.82) is 0 Å². The van der Waals surface area contributed by atoms with Crippen LogP contribution in [0.15, 0.2) is 49.1 Å². The van der Waals surface area contributed by atoms with Crippen LogP contribution < -0.4 is 0 Å². The molecule has 0 aliphatic carbocycles. The highest BCUT2D eigenvalue weighted by Crippen LogP contribution is 2.19. The Kier molecular flexibility index (Phi) is 3.57. The predicted molar refractivity (Wildman–Crippen MR) is 92.8 cm³/mol. The van der Waals surface area contributed by atoms with Gasteiger partial charge in [-0.1, -0.05) is 6.07 Å². The summed E-state index contributed by atoms with van der Waals surface area (Å²) in [5, 5.41) is 4.29. The van der Waals surface area contributed by atoms with E-state index in [2.05, 4.69) is 25.0 Å². The first-order valence-electron chi connectivity index (χ1n) is 7.47. The number of imidazole rings is 1. The standard InChI is InChI=1S/C16H14N6O2S/c1-25(23,24)10-11-4-5-14(18-7-11)22-9-12(8-19-22)15-20-13-3-2-6-17-16(13)21-15/h2-9H,10H2,1H3,(H,17,20,21). The molecule has 0 saturated carbocycles. The summed E-state index contributed by atoms with van der Waals surface area (Å²) in [7, 11) is -3.08. The minimum atomic E-state index is -3.08. The van der Waals surface area contributed by atoms with Crippen LogP contribution in [0, 0.1) is 0 Å². The van der Waals surface area contributed by atoms with Crippen LogP contribution in [0.1, 0.15) is 5.56 Å². The van der Waals surface area contributed by atoms with E-state index in [9.17, 15) is 8.42 Å². The van der Waals surface area contributed by atoms with Gasteiger partial charge >= 0.3 is 0 Å². The van der Waals surface area contributed by atoms with E-state index < -0.39 is 9.84 Å². The number of sulfone groups is 1. The number of pyridine rings is 2. The molecule has 0 aliphatic rings. The summed E-state index contributed by atoms with van der Waals surface area (Å²) in [5.74, 6) is 1.24. The first kappa shape index (κ1) is 15.5. The fourth-order valence-electron chi connectivity index (χ4n) is 2.49. The third kappa shape index (κ3) is 3.26. The number of hydrogen-bond donors (Lipinski definition) is 1. The lowest BCUT2D eigenvalue weighted by Crippen LogP contribution is -2.03. The molecule has 0 fully saturated rings. The van der Waals surface area contributed by atoms with Gasteiger partial charge in [0.1, 0.15) is 5.82 Å². The maximum atomic E-state index is 11.3. The lowest BCUT2D eigenvalue weighted by molar-refractivity contribution is 0.601. The molecule has 0 aromatic carbocycles. The largest absolute Gasteiger partial charge is 0.336 e. The van der Waals surface area contributed by atoms with Gasteiger partial charge in [0.15, 0.2) is 21.3 Å². The van der Waals surface area contributed by atoms with Gasteiger partial charge in [-0.15, -0.1) is 0 Å². The molecule has 0 atom stereocenters. The number of hydrogen-bond acceptors (Lipinski definition) is 6. The molecule has 25 heavy (non-hydrogen) atoms. The van der Waals surface area contributed by atoms with Crippen molar-refractivity contribution in [3.8, 4) is 17.2 Å². The number of fused-ring (bicyclic) bond motifs is 1. The van der Waals surface area contributed by atoms with Crippen LogP contribution in [0.3, 0.4) is 0 Å². The van der Waals surface area contributed by atoms with E-state index in [1.165, 1.54) is 6.26 Å². The lowest BCUT2D eigenvalue weighted by Gasteiger charge is -2.02. The second kappa shape index (κ2) is 5.78. The second-order valence-corrected chi connectivity index (χ2v) is 7.87. The number of aromatic nitrogens is 6. The summed E-state index contributed by atoms with van der Waals surface area (Å²) in [4.78, 5) is 16.1. The van der Waals surface area contributed by atoms with Gasteiger partial charge in [-0.3, -0.25) is 0 Å². The Morgan fingerprint density at radius 1 is 1.16 bits per heavy atom. The Bertz CT molecular complexity index is 1110. The Morgan fingerprint density at radius 2 is 2.04 bits per heavy atom. The van der Waals surface area contributed by atoms with Crippen molar-refractivity contribution in [3.05, 3.63) is 54.6 Å². The highest BCUT2D eigenvalue weighted by atomic mass is 32.2. The lowest BCUT2D eigenvalue weighted by atomic mass is 10.3. The molecule has 0 radical (unpaired) electrons. The van der Waals surface area contributed by atoms with Gasteiger partial charge in [-0.2, -0.15) is 5.10 Å². The van der Waals surface area contributed by atoms with E-state index >= 15 is 0 Å². The van der Waals surface area contributed by atoms with E-state index in [0.717, 1.165) is 11.1 Å². The highest BCUT2D eigenvalue weighted by Gasteiger charge is 2.10. The summed E-state index contributed by atoms with van der Waals surface area (Å²) in [6.07, 6.45) is 7.92. The van der Waals surface area contributed by atoms with Crippen LogP contribution in [0.5, 0.6) is 0 Å². The maximum absolute atomic E-state index is 11.3. The summed E-state index contributed by atoms with van der Waals surface area (Å²) in [6, 6.07) is 7.22. The minimum Gasteiger partial charge on any atom is -0.336 e. The number of rotatable bonds is 4. The number of nitrogens with one attached hydrogen (secondary N) is 1. The monoisotopic (exact) mass is 354 g/mol. The molecule has 0 unspecified atom stereocenters. The first-order valence-corrected chi connectivity index (χ1v) is 9.53. The van der Waals surface area contributed by atoms with Gasteiger partial charge in [-0.25, -0.2) is 28.1 Å². The number of aromatic amines is 1. The van der Waals surface area contributed by atoms with Crippen LogP contribution in [0.25, 0.3) is 28.4 Å². The fraction of sp³-hybridized carbons (Fsp3) is 0.125. The molecule has 1 N–H and O–H groups in total. The molecule has 4 aromatic rings. The molecule has 0 aliphatic heterocycles. The first-order chi connectivity index (χ1) is 12.0. The van der Waals surface area contributed by atoms with Crippen molar-refractivity contribution in [2.45, 2.75) is 5.75 Å². The van der Waals surface area contributed by atoms with E-state index in [0.29, 0.717) is 22.9 Å². The molecule has 9 heteroatoms. The van der Waals surface area contributed by atoms with Crippen molar-refractivity contribution in [2.75, 3.05) is 6.26 Å². The van der Waals surface area contributed by atoms with Gasteiger partial charge in [0.2, 0.25) is 0 Å². The zero-order chi connectivity index (χ0) is 17.4. The van der Waals surface area contributed by atoms with Crippen LogP contribution in [0.4, 0.5) is 0 Å². The Balaban J connectivity index is 1.62. The fourth-order valence-corrected chi connectivity index (χ4v) is 3.27. The van der Waals surface area contributed by atoms with Crippen molar-refractivity contribution in [1.82, 2.24) is 29.7 Å². The smallest absolute Gasteiger partial charge is 0.178 e. The molecule has 0 bridgehead atoms. The predicted octanol–water partition coefficient (Wildman–Crippen LogP) is 1.75. The van der Waals surface area contributed by atoms with Gasteiger partial charge in [-0.05, 0) is 23.8 Å². The molecule has 4 aromatic heterocycles. The van der Waals surface area contributed by atoms with Crippen molar-refractivity contribution >= 4 is 21.0 Å². The molecule has 0 amide bonds. The average molecular weight is 354 g/mol. The zero-order valence-corrected chi connectivity index (χ0v) is 14.1. The van der Waals surface area contributed by atoms with Crippen LogP contribution in [0.2, 0.25) is 0 Å². The highest BCUT2D eigenvalue weighted by molar-refractivity contribution is 7.89. The van der Waals surface area contributed by atoms with Crippen LogP contribution in [-0.2, 0) is 15.6 Å². The molecule has 126 valence electrons. The quantitative estimate of drug-likeness (QED) is 0.598. The molecule has 4 rings (SSSR count).